The lowest BCUT2D eigenvalue weighted by molar-refractivity contribution is -0.182. The normalized spacial score (nSPS) is 22.4. The number of ether oxygens (including phenoxy) is 1. The summed E-state index contributed by atoms with van der Waals surface area (Å²) in [5.74, 6) is -0.146. The average Bonchev–Trinajstić information content (AvgIpc) is 2.18. The molecule has 0 atom stereocenters. The van der Waals surface area contributed by atoms with E-state index in [-0.39, 0.29) is 17.0 Å². The van der Waals surface area contributed by atoms with Crippen molar-refractivity contribution in [3.05, 3.63) is 33.1 Å². The number of nitrogens with zero attached hydrogens (tertiary/aromatic N) is 1. The van der Waals surface area contributed by atoms with Crippen molar-refractivity contribution in [3.63, 3.8) is 0 Å². The minimum absolute atomic E-state index is 0.144. The van der Waals surface area contributed by atoms with Crippen molar-refractivity contribution in [2.75, 3.05) is 13.1 Å². The van der Waals surface area contributed by atoms with E-state index in [2.05, 4.69) is 32.6 Å². The van der Waals surface area contributed by atoms with E-state index in [4.69, 9.17) is 4.74 Å². The fraction of sp³-hybridized carbons (Fsp3) is 0.600. The van der Waals surface area contributed by atoms with Crippen LogP contribution < -0.4 is 0 Å². The molecule has 106 valence electrons. The Morgan fingerprint density at radius 2 is 1.79 bits per heavy atom. The summed E-state index contributed by atoms with van der Waals surface area (Å²) in [4.78, 5) is 2.38. The van der Waals surface area contributed by atoms with Gasteiger partial charge in [0.15, 0.2) is 0 Å². The molecule has 1 fully saturated rings. The molecule has 19 heavy (non-hydrogen) atoms. The van der Waals surface area contributed by atoms with Crippen LogP contribution in [0.4, 0.5) is 4.39 Å². The van der Waals surface area contributed by atoms with Gasteiger partial charge in [-0.05, 0) is 68.0 Å². The Kier molecular flexibility index (Phi) is 4.23. The maximum atomic E-state index is 13.3. The topological polar surface area (TPSA) is 12.5 Å². The lowest BCUT2D eigenvalue weighted by Gasteiger charge is -2.47. The van der Waals surface area contributed by atoms with Crippen molar-refractivity contribution in [2.45, 2.75) is 45.4 Å². The molecule has 0 aromatic heterocycles. The Labute approximate surface area is 128 Å². The van der Waals surface area contributed by atoms with E-state index < -0.39 is 0 Å². The smallest absolute Gasteiger partial charge is 0.136 e. The van der Waals surface area contributed by atoms with Crippen molar-refractivity contribution < 1.29 is 9.13 Å². The van der Waals surface area contributed by atoms with Crippen LogP contribution in [0.15, 0.2) is 18.2 Å². The fourth-order valence-electron chi connectivity index (χ4n) is 2.95. The van der Waals surface area contributed by atoms with Gasteiger partial charge in [0.2, 0.25) is 0 Å². The van der Waals surface area contributed by atoms with E-state index in [0.29, 0.717) is 3.57 Å². The summed E-state index contributed by atoms with van der Waals surface area (Å²) in [6.07, 6.45) is 0. The van der Waals surface area contributed by atoms with E-state index in [1.165, 1.54) is 0 Å². The summed E-state index contributed by atoms with van der Waals surface area (Å²) in [7, 11) is 0. The highest BCUT2D eigenvalue weighted by Gasteiger charge is 2.37. The Hall–Kier alpha value is -0.200. The molecule has 1 aromatic carbocycles. The summed E-state index contributed by atoms with van der Waals surface area (Å²) >= 11 is 2.04. The third-order valence-corrected chi connectivity index (χ3v) is 3.98. The zero-order valence-corrected chi connectivity index (χ0v) is 14.1. The Balaban J connectivity index is 2.11. The number of hydrogen-bond donors (Lipinski definition) is 0. The van der Waals surface area contributed by atoms with E-state index in [9.17, 15) is 4.39 Å². The molecule has 1 aromatic rings. The van der Waals surface area contributed by atoms with Crippen LogP contribution in [0.5, 0.6) is 0 Å². The third-order valence-electron chi connectivity index (χ3n) is 3.15. The fourth-order valence-corrected chi connectivity index (χ4v) is 3.53. The predicted molar refractivity (Wildman–Crippen MR) is 83.6 cm³/mol. The van der Waals surface area contributed by atoms with E-state index in [0.717, 1.165) is 25.2 Å². The number of morpholine rings is 1. The standard InChI is InChI=1S/C15H21FINO/c1-14(2)9-18(10-15(3,4)19-14)8-11-5-6-12(16)13(17)7-11/h5-7H,8-10H2,1-4H3. The molecule has 0 saturated carbocycles. The van der Waals surface area contributed by atoms with Gasteiger partial charge in [-0.1, -0.05) is 6.07 Å². The van der Waals surface area contributed by atoms with Crippen LogP contribution in [0.3, 0.4) is 0 Å². The van der Waals surface area contributed by atoms with Crippen LogP contribution >= 0.6 is 22.6 Å². The molecule has 0 unspecified atom stereocenters. The molecule has 0 radical (unpaired) electrons. The van der Waals surface area contributed by atoms with Crippen molar-refractivity contribution in [1.82, 2.24) is 4.90 Å². The van der Waals surface area contributed by atoms with Gasteiger partial charge in [-0.15, -0.1) is 0 Å². The molecule has 0 N–H and O–H groups in total. The van der Waals surface area contributed by atoms with Crippen LogP contribution in [-0.2, 0) is 11.3 Å². The van der Waals surface area contributed by atoms with Gasteiger partial charge in [-0.2, -0.15) is 0 Å². The second-order valence-electron chi connectivity index (χ2n) is 6.52. The molecule has 0 amide bonds. The molecule has 2 nitrogen and oxygen atoms in total. The maximum absolute atomic E-state index is 13.3. The van der Waals surface area contributed by atoms with Crippen molar-refractivity contribution in [1.29, 1.82) is 0 Å². The molecule has 0 spiro atoms. The van der Waals surface area contributed by atoms with Gasteiger partial charge >= 0.3 is 0 Å². The van der Waals surface area contributed by atoms with Gasteiger partial charge in [0.1, 0.15) is 5.82 Å². The average molecular weight is 377 g/mol. The first-order valence-corrected chi connectivity index (χ1v) is 7.61. The highest BCUT2D eigenvalue weighted by Crippen LogP contribution is 2.29. The van der Waals surface area contributed by atoms with Crippen molar-refractivity contribution >= 4 is 22.6 Å². The molecule has 1 saturated heterocycles. The number of rotatable bonds is 2. The van der Waals surface area contributed by atoms with E-state index >= 15 is 0 Å². The highest BCUT2D eigenvalue weighted by atomic mass is 127. The molecular weight excluding hydrogens is 356 g/mol. The zero-order valence-electron chi connectivity index (χ0n) is 12.0. The third kappa shape index (κ3) is 4.13. The number of halogens is 2. The largest absolute Gasteiger partial charge is 0.367 e. The predicted octanol–water partition coefficient (Wildman–Crippen LogP) is 3.82. The highest BCUT2D eigenvalue weighted by molar-refractivity contribution is 14.1. The van der Waals surface area contributed by atoms with Crippen LogP contribution in [-0.4, -0.2) is 29.2 Å². The van der Waals surface area contributed by atoms with E-state index in [1.54, 1.807) is 6.07 Å². The minimum atomic E-state index is -0.146. The first-order valence-electron chi connectivity index (χ1n) is 6.53. The van der Waals surface area contributed by atoms with Crippen LogP contribution in [0, 0.1) is 9.39 Å². The maximum Gasteiger partial charge on any atom is 0.136 e. The van der Waals surface area contributed by atoms with Crippen molar-refractivity contribution in [2.24, 2.45) is 0 Å². The summed E-state index contributed by atoms with van der Waals surface area (Å²) in [6, 6.07) is 5.34. The quantitative estimate of drug-likeness (QED) is 0.727. The molecule has 2 rings (SSSR count). The summed E-state index contributed by atoms with van der Waals surface area (Å²) < 4.78 is 20.0. The SMILES string of the molecule is CC1(C)CN(Cc2ccc(F)c(I)c2)CC(C)(C)O1. The summed E-state index contributed by atoms with van der Waals surface area (Å²) in [6.45, 7) is 11.1. The zero-order chi connectivity index (χ0) is 14.3. The summed E-state index contributed by atoms with van der Waals surface area (Å²) in [5.41, 5.74) is 0.864. The van der Waals surface area contributed by atoms with Gasteiger partial charge in [0.25, 0.3) is 0 Å². The summed E-state index contributed by atoms with van der Waals surface area (Å²) in [5, 5.41) is 0. The Morgan fingerprint density at radius 1 is 1.21 bits per heavy atom. The molecule has 0 bridgehead atoms. The van der Waals surface area contributed by atoms with Gasteiger partial charge in [-0.3, -0.25) is 4.90 Å². The van der Waals surface area contributed by atoms with Crippen LogP contribution in [0.1, 0.15) is 33.3 Å². The lowest BCUT2D eigenvalue weighted by atomic mass is 9.98. The number of benzene rings is 1. The van der Waals surface area contributed by atoms with Crippen molar-refractivity contribution in [3.8, 4) is 0 Å². The molecular formula is C15H21FINO. The Bertz CT molecular complexity index is 457. The lowest BCUT2D eigenvalue weighted by Crippen LogP contribution is -2.56. The molecule has 1 aliphatic rings. The second-order valence-corrected chi connectivity index (χ2v) is 7.68. The Morgan fingerprint density at radius 3 is 2.32 bits per heavy atom. The van der Waals surface area contributed by atoms with Gasteiger partial charge in [-0.25, -0.2) is 4.39 Å². The van der Waals surface area contributed by atoms with Gasteiger partial charge in [0, 0.05) is 23.2 Å². The van der Waals surface area contributed by atoms with Gasteiger partial charge in [0.05, 0.1) is 11.2 Å². The molecule has 1 aliphatic heterocycles. The van der Waals surface area contributed by atoms with Crippen LogP contribution in [0.25, 0.3) is 0 Å². The second kappa shape index (κ2) is 5.30. The van der Waals surface area contributed by atoms with Crippen LogP contribution in [0.2, 0.25) is 0 Å². The van der Waals surface area contributed by atoms with E-state index in [1.807, 2.05) is 34.7 Å². The first kappa shape index (κ1) is 15.2. The monoisotopic (exact) mass is 377 g/mol. The first-order chi connectivity index (χ1) is 8.67. The molecule has 0 aliphatic carbocycles. The minimum Gasteiger partial charge on any atom is -0.367 e. The van der Waals surface area contributed by atoms with Gasteiger partial charge < -0.3 is 4.74 Å². The molecule has 4 heteroatoms. The number of hydrogen-bond acceptors (Lipinski definition) is 2. The molecule has 1 heterocycles.